The van der Waals surface area contributed by atoms with Crippen LogP contribution in [-0.4, -0.2) is 30.4 Å². The molecule has 52 valence electrons. The van der Waals surface area contributed by atoms with E-state index in [0.717, 1.165) is 18.4 Å². The Hall–Kier alpha value is 0.920. The van der Waals surface area contributed by atoms with Gasteiger partial charge in [-0.3, -0.25) is 0 Å². The minimum atomic E-state index is 0. The lowest BCUT2D eigenvalue weighted by atomic mass is 10.6. The fourth-order valence-electron chi connectivity index (χ4n) is 0.302. The van der Waals surface area contributed by atoms with E-state index < -0.39 is 0 Å². The van der Waals surface area contributed by atoms with Crippen LogP contribution in [0.1, 0.15) is 6.92 Å². The Labute approximate surface area is 70.3 Å². The fourth-order valence-corrected chi connectivity index (χ4v) is 0.908. The zero-order chi connectivity index (χ0) is 5.70. The van der Waals surface area contributed by atoms with Crippen molar-refractivity contribution in [2.24, 2.45) is 0 Å². The van der Waals surface area contributed by atoms with Crippen LogP contribution < -0.4 is 0 Å². The van der Waals surface area contributed by atoms with Crippen LogP contribution in [-0.2, 0) is 0 Å². The first-order valence-corrected chi connectivity index (χ1v) is 3.68. The van der Waals surface area contributed by atoms with Crippen LogP contribution in [0.3, 0.4) is 0 Å². The summed E-state index contributed by atoms with van der Waals surface area (Å²) in [5, 5.41) is 1.08. The Bertz CT molecular complexity index is 41.4. The number of halogens is 2. The van der Waals surface area contributed by atoms with Crippen molar-refractivity contribution in [2.75, 3.05) is 25.5 Å². The average Bonchev–Trinajstić information content (AvgIpc) is 1.68. The molecule has 0 spiro atoms. The Morgan fingerprint density at radius 3 is 2.12 bits per heavy atom. The van der Waals surface area contributed by atoms with Gasteiger partial charge in [0.05, 0.1) is 0 Å². The molecule has 0 aromatic rings. The van der Waals surface area contributed by atoms with E-state index in [1.807, 2.05) is 0 Å². The van der Waals surface area contributed by atoms with Gasteiger partial charge in [0.2, 0.25) is 0 Å². The van der Waals surface area contributed by atoms with Crippen molar-refractivity contribution in [1.82, 2.24) is 4.90 Å². The Balaban J connectivity index is 0. The van der Waals surface area contributed by atoms with E-state index in [4.69, 9.17) is 0 Å². The summed E-state index contributed by atoms with van der Waals surface area (Å²) in [5.74, 6) is 0. The van der Waals surface area contributed by atoms with E-state index >= 15 is 0 Å². The van der Waals surface area contributed by atoms with Crippen molar-refractivity contribution in [1.29, 1.82) is 0 Å². The van der Waals surface area contributed by atoms with E-state index in [2.05, 4.69) is 34.8 Å². The predicted octanol–water partition coefficient (Wildman–Crippen LogP) is 1.91. The molecule has 0 aliphatic heterocycles. The number of hydrogen-bond acceptors (Lipinski definition) is 1. The molecule has 0 N–H and O–H groups in total. The molecule has 8 heavy (non-hydrogen) atoms. The van der Waals surface area contributed by atoms with Crippen molar-refractivity contribution in [2.45, 2.75) is 6.92 Å². The molecule has 0 unspecified atom stereocenters. The predicted molar refractivity (Wildman–Crippen MR) is 47.3 cm³/mol. The summed E-state index contributed by atoms with van der Waals surface area (Å²) in [5.41, 5.74) is 0. The van der Waals surface area contributed by atoms with Gasteiger partial charge in [0.25, 0.3) is 0 Å². The molecule has 0 aliphatic rings. The van der Waals surface area contributed by atoms with Crippen molar-refractivity contribution < 1.29 is 0 Å². The van der Waals surface area contributed by atoms with Gasteiger partial charge in [-0.05, 0) is 13.6 Å². The lowest BCUT2D eigenvalue weighted by Crippen LogP contribution is -2.19. The van der Waals surface area contributed by atoms with Crippen LogP contribution >= 0.6 is 32.9 Å². The molecule has 0 bridgehead atoms. The van der Waals surface area contributed by atoms with Crippen LogP contribution in [0.25, 0.3) is 0 Å². The highest BCUT2D eigenvalue weighted by Crippen LogP contribution is 1.83. The third-order valence-corrected chi connectivity index (χ3v) is 1.36. The summed E-state index contributed by atoms with van der Waals surface area (Å²) in [7, 11) is 2.11. The van der Waals surface area contributed by atoms with Gasteiger partial charge in [-0.1, -0.05) is 22.9 Å². The van der Waals surface area contributed by atoms with Gasteiger partial charge in [0, 0.05) is 11.9 Å². The molecular formula is C5H13Br2N. The van der Waals surface area contributed by atoms with Crippen LogP contribution in [0.2, 0.25) is 0 Å². The second-order valence-corrected chi connectivity index (χ2v) is 2.38. The molecule has 0 saturated carbocycles. The van der Waals surface area contributed by atoms with Crippen LogP contribution in [0.4, 0.5) is 0 Å². The first-order valence-electron chi connectivity index (χ1n) is 2.55. The van der Waals surface area contributed by atoms with Gasteiger partial charge in [-0.25, -0.2) is 0 Å². The SMILES string of the molecule is Br.CCN(C)CCBr. The van der Waals surface area contributed by atoms with Crippen molar-refractivity contribution in [3.63, 3.8) is 0 Å². The third-order valence-electron chi connectivity index (χ3n) is 1.01. The fraction of sp³-hybridized carbons (Fsp3) is 1.00. The molecule has 0 aromatic carbocycles. The molecule has 0 atom stereocenters. The van der Waals surface area contributed by atoms with Gasteiger partial charge in [-0.2, -0.15) is 0 Å². The summed E-state index contributed by atoms with van der Waals surface area (Å²) in [4.78, 5) is 2.26. The molecule has 0 amide bonds. The Kier molecular flexibility index (Phi) is 11.6. The summed E-state index contributed by atoms with van der Waals surface area (Å²) < 4.78 is 0. The summed E-state index contributed by atoms with van der Waals surface area (Å²) in [6, 6.07) is 0. The maximum Gasteiger partial charge on any atom is 0.0159 e. The normalized spacial score (nSPS) is 9.00. The quantitative estimate of drug-likeness (QED) is 0.688. The summed E-state index contributed by atoms with van der Waals surface area (Å²) in [6.45, 7) is 4.45. The zero-order valence-electron chi connectivity index (χ0n) is 5.35. The molecule has 0 heterocycles. The van der Waals surface area contributed by atoms with Gasteiger partial charge >= 0.3 is 0 Å². The molecule has 0 fully saturated rings. The third kappa shape index (κ3) is 6.92. The maximum atomic E-state index is 3.35. The molecule has 0 saturated heterocycles. The second kappa shape index (κ2) is 7.92. The van der Waals surface area contributed by atoms with Crippen LogP contribution in [0.15, 0.2) is 0 Å². The van der Waals surface area contributed by atoms with E-state index in [-0.39, 0.29) is 17.0 Å². The number of hydrogen-bond donors (Lipinski definition) is 0. The number of rotatable bonds is 3. The Morgan fingerprint density at radius 2 is 2.00 bits per heavy atom. The largest absolute Gasteiger partial charge is 0.306 e. The van der Waals surface area contributed by atoms with Gasteiger partial charge in [0.15, 0.2) is 0 Å². The highest BCUT2D eigenvalue weighted by atomic mass is 79.9. The van der Waals surface area contributed by atoms with Crippen molar-refractivity contribution in [3.8, 4) is 0 Å². The zero-order valence-corrected chi connectivity index (χ0v) is 8.65. The lowest BCUT2D eigenvalue weighted by molar-refractivity contribution is 0.377. The molecule has 1 nitrogen and oxygen atoms in total. The topological polar surface area (TPSA) is 3.24 Å². The first-order chi connectivity index (χ1) is 3.31. The minimum absolute atomic E-state index is 0. The van der Waals surface area contributed by atoms with Crippen LogP contribution in [0.5, 0.6) is 0 Å². The number of nitrogens with zero attached hydrogens (tertiary/aromatic N) is 1. The average molecular weight is 247 g/mol. The molecule has 0 rings (SSSR count). The van der Waals surface area contributed by atoms with Gasteiger partial charge in [-0.15, -0.1) is 17.0 Å². The van der Waals surface area contributed by atoms with Gasteiger partial charge in [0.1, 0.15) is 0 Å². The molecule has 3 heteroatoms. The monoisotopic (exact) mass is 245 g/mol. The Morgan fingerprint density at radius 1 is 1.50 bits per heavy atom. The van der Waals surface area contributed by atoms with Crippen molar-refractivity contribution in [3.05, 3.63) is 0 Å². The van der Waals surface area contributed by atoms with Gasteiger partial charge < -0.3 is 4.90 Å². The highest BCUT2D eigenvalue weighted by Gasteiger charge is 1.87. The molecule has 0 aromatic heterocycles. The second-order valence-electron chi connectivity index (χ2n) is 1.58. The van der Waals surface area contributed by atoms with Crippen LogP contribution in [0, 0.1) is 0 Å². The minimum Gasteiger partial charge on any atom is -0.306 e. The van der Waals surface area contributed by atoms with E-state index in [0.29, 0.717) is 0 Å². The molecule has 0 radical (unpaired) electrons. The maximum absolute atomic E-state index is 3.35. The van der Waals surface area contributed by atoms with E-state index in [9.17, 15) is 0 Å². The summed E-state index contributed by atoms with van der Waals surface area (Å²) in [6.07, 6.45) is 0. The number of alkyl halides is 1. The van der Waals surface area contributed by atoms with E-state index in [1.54, 1.807) is 0 Å². The molecular weight excluding hydrogens is 234 g/mol. The van der Waals surface area contributed by atoms with Crippen molar-refractivity contribution >= 4 is 32.9 Å². The lowest BCUT2D eigenvalue weighted by Gasteiger charge is -2.09. The summed E-state index contributed by atoms with van der Waals surface area (Å²) >= 11 is 3.35. The smallest absolute Gasteiger partial charge is 0.0159 e. The highest BCUT2D eigenvalue weighted by molar-refractivity contribution is 9.09. The standard InChI is InChI=1S/C5H12BrN.BrH/c1-3-7(2)5-4-6;/h3-5H2,1-2H3;1H. The van der Waals surface area contributed by atoms with E-state index in [1.165, 1.54) is 0 Å². The molecule has 0 aliphatic carbocycles. The first kappa shape index (κ1) is 11.7.